The van der Waals surface area contributed by atoms with Crippen molar-refractivity contribution in [1.29, 1.82) is 0 Å². The molecule has 0 aliphatic carbocycles. The minimum atomic E-state index is 0.543. The van der Waals surface area contributed by atoms with E-state index < -0.39 is 0 Å². The Balaban J connectivity index is 2.15. The Kier molecular flexibility index (Phi) is 4.34. The van der Waals surface area contributed by atoms with Crippen molar-refractivity contribution in [1.82, 2.24) is 15.5 Å². The first-order valence-electron chi connectivity index (χ1n) is 3.75. The standard InChI is InChI=1S/C6H12N4S2/c1-2-8-3-4-11-6-10-9-5(7)12-6/h8H,2-4H2,1H3,(H2,7,9). The Bertz CT molecular complexity index is 225. The van der Waals surface area contributed by atoms with Gasteiger partial charge in [-0.15, -0.1) is 10.2 Å². The highest BCUT2D eigenvalue weighted by atomic mass is 32.2. The van der Waals surface area contributed by atoms with E-state index in [0.717, 1.165) is 23.2 Å². The second-order valence-corrected chi connectivity index (χ2v) is 4.46. The summed E-state index contributed by atoms with van der Waals surface area (Å²) in [5.41, 5.74) is 5.42. The number of thioether (sulfide) groups is 1. The molecule has 0 aliphatic heterocycles. The monoisotopic (exact) mass is 204 g/mol. The van der Waals surface area contributed by atoms with Crippen LogP contribution in [0.25, 0.3) is 0 Å². The number of aromatic nitrogens is 2. The largest absolute Gasteiger partial charge is 0.374 e. The van der Waals surface area contributed by atoms with E-state index in [1.165, 1.54) is 11.3 Å². The molecule has 0 unspecified atom stereocenters. The molecule has 0 saturated heterocycles. The normalized spacial score (nSPS) is 10.4. The van der Waals surface area contributed by atoms with Gasteiger partial charge in [-0.25, -0.2) is 0 Å². The van der Waals surface area contributed by atoms with Gasteiger partial charge in [0.15, 0.2) is 4.34 Å². The molecule has 4 nitrogen and oxygen atoms in total. The lowest BCUT2D eigenvalue weighted by molar-refractivity contribution is 0.768. The Morgan fingerprint density at radius 2 is 2.42 bits per heavy atom. The van der Waals surface area contributed by atoms with Crippen LogP contribution in [0.2, 0.25) is 0 Å². The summed E-state index contributed by atoms with van der Waals surface area (Å²) in [5.74, 6) is 1.02. The fourth-order valence-corrected chi connectivity index (χ4v) is 2.27. The Morgan fingerprint density at radius 1 is 1.58 bits per heavy atom. The third kappa shape index (κ3) is 3.38. The van der Waals surface area contributed by atoms with Crippen LogP contribution in [0.15, 0.2) is 4.34 Å². The molecule has 0 atom stereocenters. The van der Waals surface area contributed by atoms with Gasteiger partial charge in [0.1, 0.15) is 0 Å². The Morgan fingerprint density at radius 3 is 3.00 bits per heavy atom. The average Bonchev–Trinajstić information content (AvgIpc) is 2.45. The van der Waals surface area contributed by atoms with Gasteiger partial charge in [0, 0.05) is 12.3 Å². The van der Waals surface area contributed by atoms with Crippen LogP contribution in [0.3, 0.4) is 0 Å². The second-order valence-electron chi connectivity index (χ2n) is 2.11. The second kappa shape index (κ2) is 5.34. The van der Waals surface area contributed by atoms with E-state index >= 15 is 0 Å². The molecule has 0 aromatic carbocycles. The number of nitrogens with two attached hydrogens (primary N) is 1. The molecular weight excluding hydrogens is 192 g/mol. The zero-order valence-corrected chi connectivity index (χ0v) is 8.54. The van der Waals surface area contributed by atoms with Crippen molar-refractivity contribution in [2.24, 2.45) is 0 Å². The summed E-state index contributed by atoms with van der Waals surface area (Å²) >= 11 is 3.12. The van der Waals surface area contributed by atoms with Gasteiger partial charge in [0.2, 0.25) is 5.13 Å². The number of hydrogen-bond acceptors (Lipinski definition) is 6. The molecule has 0 saturated carbocycles. The average molecular weight is 204 g/mol. The minimum absolute atomic E-state index is 0.543. The van der Waals surface area contributed by atoms with E-state index in [-0.39, 0.29) is 0 Å². The van der Waals surface area contributed by atoms with Gasteiger partial charge in [0.05, 0.1) is 0 Å². The van der Waals surface area contributed by atoms with Crippen molar-refractivity contribution < 1.29 is 0 Å². The lowest BCUT2D eigenvalue weighted by Gasteiger charge is -1.97. The molecule has 1 aromatic heterocycles. The van der Waals surface area contributed by atoms with Crippen LogP contribution >= 0.6 is 23.1 Å². The molecule has 0 radical (unpaired) electrons. The van der Waals surface area contributed by atoms with E-state index in [4.69, 9.17) is 5.73 Å². The van der Waals surface area contributed by atoms with Gasteiger partial charge in [0.25, 0.3) is 0 Å². The number of nitrogen functional groups attached to an aromatic ring is 1. The highest BCUT2D eigenvalue weighted by molar-refractivity contribution is 8.01. The topological polar surface area (TPSA) is 63.8 Å². The third-order valence-corrected chi connectivity index (χ3v) is 3.06. The fourth-order valence-electron chi connectivity index (χ4n) is 0.666. The summed E-state index contributed by atoms with van der Waals surface area (Å²) in [4.78, 5) is 0. The van der Waals surface area contributed by atoms with Crippen molar-refractivity contribution in [3.05, 3.63) is 0 Å². The van der Waals surface area contributed by atoms with Crippen molar-refractivity contribution >= 4 is 28.2 Å². The van der Waals surface area contributed by atoms with Gasteiger partial charge in [-0.05, 0) is 6.54 Å². The van der Waals surface area contributed by atoms with Gasteiger partial charge in [-0.1, -0.05) is 30.0 Å². The van der Waals surface area contributed by atoms with Gasteiger partial charge in [-0.3, -0.25) is 0 Å². The van der Waals surface area contributed by atoms with Gasteiger partial charge >= 0.3 is 0 Å². The van der Waals surface area contributed by atoms with E-state index in [9.17, 15) is 0 Å². The number of hydrogen-bond donors (Lipinski definition) is 2. The van der Waals surface area contributed by atoms with Crippen LogP contribution in [-0.2, 0) is 0 Å². The molecule has 0 fully saturated rings. The highest BCUT2D eigenvalue weighted by Crippen LogP contribution is 2.22. The quantitative estimate of drug-likeness (QED) is 0.549. The van der Waals surface area contributed by atoms with Crippen LogP contribution in [0.5, 0.6) is 0 Å². The van der Waals surface area contributed by atoms with E-state index in [2.05, 4.69) is 22.4 Å². The molecule has 12 heavy (non-hydrogen) atoms. The molecule has 0 spiro atoms. The van der Waals surface area contributed by atoms with Crippen molar-refractivity contribution in [3.63, 3.8) is 0 Å². The van der Waals surface area contributed by atoms with Crippen LogP contribution in [-0.4, -0.2) is 29.0 Å². The lowest BCUT2D eigenvalue weighted by Crippen LogP contribution is -2.15. The molecular formula is C6H12N4S2. The minimum Gasteiger partial charge on any atom is -0.374 e. The summed E-state index contributed by atoms with van der Waals surface area (Å²) < 4.78 is 0.949. The molecule has 0 amide bonds. The Hall–Kier alpha value is -0.330. The molecule has 1 heterocycles. The summed E-state index contributed by atoms with van der Waals surface area (Å²) in [7, 11) is 0. The zero-order valence-electron chi connectivity index (χ0n) is 6.91. The number of nitrogens with one attached hydrogen (secondary N) is 1. The zero-order chi connectivity index (χ0) is 8.81. The van der Waals surface area contributed by atoms with Crippen LogP contribution in [0.4, 0.5) is 5.13 Å². The maximum absolute atomic E-state index is 5.42. The first-order chi connectivity index (χ1) is 5.83. The van der Waals surface area contributed by atoms with E-state index in [1.807, 2.05) is 0 Å². The summed E-state index contributed by atoms with van der Waals surface area (Å²) in [5, 5.41) is 11.4. The fraction of sp³-hybridized carbons (Fsp3) is 0.667. The first-order valence-corrected chi connectivity index (χ1v) is 5.55. The summed E-state index contributed by atoms with van der Waals surface area (Å²) in [6, 6.07) is 0. The molecule has 0 aliphatic rings. The highest BCUT2D eigenvalue weighted by Gasteiger charge is 1.99. The molecule has 0 bridgehead atoms. The predicted molar refractivity (Wildman–Crippen MR) is 53.6 cm³/mol. The molecule has 68 valence electrons. The SMILES string of the molecule is CCNCCSc1nnc(N)s1. The van der Waals surface area contributed by atoms with Crippen molar-refractivity contribution in [2.45, 2.75) is 11.3 Å². The van der Waals surface area contributed by atoms with Crippen molar-refractivity contribution in [2.75, 3.05) is 24.6 Å². The maximum Gasteiger partial charge on any atom is 0.203 e. The number of nitrogens with zero attached hydrogens (tertiary/aromatic N) is 2. The maximum atomic E-state index is 5.42. The van der Waals surface area contributed by atoms with Crippen LogP contribution < -0.4 is 11.1 Å². The molecule has 3 N–H and O–H groups in total. The number of anilines is 1. The summed E-state index contributed by atoms with van der Waals surface area (Å²) in [6.07, 6.45) is 0. The molecule has 1 aromatic rings. The number of rotatable bonds is 5. The molecule has 6 heteroatoms. The lowest BCUT2D eigenvalue weighted by atomic mass is 10.7. The van der Waals surface area contributed by atoms with Crippen LogP contribution in [0.1, 0.15) is 6.92 Å². The van der Waals surface area contributed by atoms with Crippen LogP contribution in [0, 0.1) is 0 Å². The van der Waals surface area contributed by atoms with E-state index in [1.54, 1.807) is 11.8 Å². The first kappa shape index (κ1) is 9.76. The molecule has 1 rings (SSSR count). The van der Waals surface area contributed by atoms with Crippen molar-refractivity contribution in [3.8, 4) is 0 Å². The van der Waals surface area contributed by atoms with E-state index in [0.29, 0.717) is 5.13 Å². The predicted octanol–water partition coefficient (Wildman–Crippen LogP) is 0.822. The Labute approximate surface area is 80.0 Å². The summed E-state index contributed by atoms with van der Waals surface area (Å²) in [6.45, 7) is 4.10. The third-order valence-electron chi connectivity index (χ3n) is 1.18. The van der Waals surface area contributed by atoms with Gasteiger partial charge < -0.3 is 11.1 Å². The van der Waals surface area contributed by atoms with Gasteiger partial charge in [-0.2, -0.15) is 0 Å². The smallest absolute Gasteiger partial charge is 0.203 e.